The second-order valence-electron chi connectivity index (χ2n) is 5.60. The van der Waals surface area contributed by atoms with Crippen LogP contribution in [0.4, 0.5) is 0 Å². The lowest BCUT2D eigenvalue weighted by molar-refractivity contribution is 0.0789. The fourth-order valence-corrected chi connectivity index (χ4v) is 2.62. The van der Waals surface area contributed by atoms with Gasteiger partial charge in [-0.15, -0.1) is 10.2 Å². The van der Waals surface area contributed by atoms with Crippen LogP contribution in [0.15, 0.2) is 42.6 Å². The highest BCUT2D eigenvalue weighted by Gasteiger charge is 2.21. The van der Waals surface area contributed by atoms with Crippen LogP contribution in [-0.2, 0) is 0 Å². The van der Waals surface area contributed by atoms with Crippen LogP contribution in [-0.4, -0.2) is 39.8 Å². The summed E-state index contributed by atoms with van der Waals surface area (Å²) < 4.78 is 13.3. The van der Waals surface area contributed by atoms with E-state index in [1.165, 1.54) is 0 Å². The van der Waals surface area contributed by atoms with E-state index < -0.39 is 0 Å². The highest BCUT2D eigenvalue weighted by atomic mass is 16.6. The average molecular weight is 324 g/mol. The highest BCUT2D eigenvalue weighted by Crippen LogP contribution is 2.30. The normalized spacial score (nSPS) is 16.1. The number of pyridine rings is 1. The lowest BCUT2D eigenvalue weighted by atomic mass is 10.2. The molecule has 0 aliphatic carbocycles. The molecule has 1 unspecified atom stereocenters. The SMILES string of the molecule is Cc1nnc2cc(C(=O)NCC3COc4ccccc4O3)ccn12. The van der Waals surface area contributed by atoms with Gasteiger partial charge in [0.05, 0.1) is 6.54 Å². The van der Waals surface area contributed by atoms with Gasteiger partial charge in [0, 0.05) is 11.8 Å². The van der Waals surface area contributed by atoms with Crippen molar-refractivity contribution in [2.75, 3.05) is 13.2 Å². The van der Waals surface area contributed by atoms with Crippen LogP contribution in [0, 0.1) is 6.92 Å². The molecule has 0 spiro atoms. The number of amides is 1. The maximum atomic E-state index is 12.3. The number of carbonyl (C=O) groups is 1. The standard InChI is InChI=1S/C17H16N4O3/c1-11-19-20-16-8-12(6-7-21(11)16)17(22)18-9-13-10-23-14-4-2-3-5-15(14)24-13/h2-8,13H,9-10H2,1H3,(H,18,22). The number of nitrogens with zero attached hydrogens (tertiary/aromatic N) is 3. The summed E-state index contributed by atoms with van der Waals surface area (Å²) in [4.78, 5) is 12.3. The first-order valence-electron chi connectivity index (χ1n) is 7.69. The van der Waals surface area contributed by atoms with Crippen molar-refractivity contribution >= 4 is 11.6 Å². The number of nitrogens with one attached hydrogen (secondary N) is 1. The third-order valence-corrected chi connectivity index (χ3v) is 3.90. The molecule has 1 aromatic carbocycles. The Morgan fingerprint density at radius 1 is 1.29 bits per heavy atom. The third-order valence-electron chi connectivity index (χ3n) is 3.90. The molecule has 0 fully saturated rings. The number of carbonyl (C=O) groups excluding carboxylic acids is 1. The van der Waals surface area contributed by atoms with Gasteiger partial charge in [0.1, 0.15) is 18.5 Å². The van der Waals surface area contributed by atoms with Gasteiger partial charge in [-0.1, -0.05) is 12.1 Å². The number of ether oxygens (including phenoxy) is 2. The first-order valence-corrected chi connectivity index (χ1v) is 7.69. The second-order valence-corrected chi connectivity index (χ2v) is 5.60. The molecular formula is C17H16N4O3. The number of aryl methyl sites for hydroxylation is 1. The number of para-hydroxylation sites is 2. The van der Waals surface area contributed by atoms with E-state index in [4.69, 9.17) is 9.47 Å². The monoisotopic (exact) mass is 324 g/mol. The Morgan fingerprint density at radius 3 is 3.00 bits per heavy atom. The van der Waals surface area contributed by atoms with Crippen molar-refractivity contribution < 1.29 is 14.3 Å². The van der Waals surface area contributed by atoms with Gasteiger partial charge in [-0.2, -0.15) is 0 Å². The van der Waals surface area contributed by atoms with Gasteiger partial charge in [-0.3, -0.25) is 9.20 Å². The molecule has 1 N–H and O–H groups in total. The van der Waals surface area contributed by atoms with Crippen molar-refractivity contribution in [1.29, 1.82) is 0 Å². The van der Waals surface area contributed by atoms with Gasteiger partial charge in [-0.25, -0.2) is 0 Å². The number of benzene rings is 1. The van der Waals surface area contributed by atoms with Gasteiger partial charge in [0.15, 0.2) is 17.1 Å². The predicted molar refractivity (Wildman–Crippen MR) is 86.4 cm³/mol. The van der Waals surface area contributed by atoms with E-state index in [0.717, 1.165) is 11.6 Å². The van der Waals surface area contributed by atoms with E-state index in [-0.39, 0.29) is 12.0 Å². The van der Waals surface area contributed by atoms with E-state index >= 15 is 0 Å². The van der Waals surface area contributed by atoms with Crippen molar-refractivity contribution in [3.05, 3.63) is 54.0 Å². The molecule has 7 heteroatoms. The van der Waals surface area contributed by atoms with Gasteiger partial charge in [0.25, 0.3) is 5.91 Å². The van der Waals surface area contributed by atoms with E-state index in [0.29, 0.717) is 30.1 Å². The minimum absolute atomic E-state index is 0.180. The van der Waals surface area contributed by atoms with Crippen LogP contribution in [0.3, 0.4) is 0 Å². The molecule has 0 radical (unpaired) electrons. The molecule has 24 heavy (non-hydrogen) atoms. The van der Waals surface area contributed by atoms with Crippen molar-refractivity contribution in [3.8, 4) is 11.5 Å². The fraction of sp³-hybridized carbons (Fsp3) is 0.235. The van der Waals surface area contributed by atoms with Gasteiger partial charge in [-0.05, 0) is 31.2 Å². The van der Waals surface area contributed by atoms with E-state index in [1.54, 1.807) is 18.3 Å². The number of rotatable bonds is 3. The van der Waals surface area contributed by atoms with Crippen LogP contribution in [0.5, 0.6) is 11.5 Å². The summed E-state index contributed by atoms with van der Waals surface area (Å²) in [6.07, 6.45) is 1.57. The maximum Gasteiger partial charge on any atom is 0.251 e. The third kappa shape index (κ3) is 2.64. The Bertz CT molecular complexity index is 906. The highest BCUT2D eigenvalue weighted by molar-refractivity contribution is 5.95. The predicted octanol–water partition coefficient (Wildman–Crippen LogP) is 1.61. The Morgan fingerprint density at radius 2 is 2.12 bits per heavy atom. The van der Waals surface area contributed by atoms with Crippen molar-refractivity contribution in [2.24, 2.45) is 0 Å². The summed E-state index contributed by atoms with van der Waals surface area (Å²) in [6.45, 7) is 2.63. The molecule has 1 amide bonds. The molecule has 3 aromatic rings. The average Bonchev–Trinajstić information content (AvgIpc) is 3.00. The molecule has 1 aliphatic rings. The molecule has 0 saturated carbocycles. The molecule has 122 valence electrons. The zero-order valence-corrected chi connectivity index (χ0v) is 13.1. The maximum absolute atomic E-state index is 12.3. The number of aromatic nitrogens is 3. The van der Waals surface area contributed by atoms with Gasteiger partial charge < -0.3 is 14.8 Å². The smallest absolute Gasteiger partial charge is 0.251 e. The van der Waals surface area contributed by atoms with E-state index in [9.17, 15) is 4.79 Å². The summed E-state index contributed by atoms with van der Waals surface area (Å²) in [5.41, 5.74) is 1.18. The summed E-state index contributed by atoms with van der Waals surface area (Å²) in [6, 6.07) is 10.9. The minimum Gasteiger partial charge on any atom is -0.486 e. The number of fused-ring (bicyclic) bond motifs is 2. The fourth-order valence-electron chi connectivity index (χ4n) is 2.62. The Balaban J connectivity index is 1.41. The first kappa shape index (κ1) is 14.5. The Hall–Kier alpha value is -3.09. The number of hydrogen-bond donors (Lipinski definition) is 1. The lowest BCUT2D eigenvalue weighted by Crippen LogP contribution is -2.40. The van der Waals surface area contributed by atoms with Crippen molar-refractivity contribution in [1.82, 2.24) is 19.9 Å². The summed E-state index contributed by atoms with van der Waals surface area (Å²) in [7, 11) is 0. The van der Waals surface area contributed by atoms with E-state index in [2.05, 4.69) is 15.5 Å². The number of hydrogen-bond acceptors (Lipinski definition) is 5. The van der Waals surface area contributed by atoms with Crippen LogP contribution in [0.25, 0.3) is 5.65 Å². The molecule has 4 rings (SSSR count). The first-order chi connectivity index (χ1) is 11.7. The molecule has 3 heterocycles. The zero-order valence-electron chi connectivity index (χ0n) is 13.1. The molecule has 1 atom stereocenters. The van der Waals surface area contributed by atoms with Crippen LogP contribution in [0.2, 0.25) is 0 Å². The molecule has 1 aliphatic heterocycles. The Kier molecular flexibility index (Phi) is 3.53. The van der Waals surface area contributed by atoms with Crippen LogP contribution in [0.1, 0.15) is 16.2 Å². The molecule has 0 bridgehead atoms. The van der Waals surface area contributed by atoms with Gasteiger partial charge >= 0.3 is 0 Å². The van der Waals surface area contributed by atoms with Crippen molar-refractivity contribution in [3.63, 3.8) is 0 Å². The minimum atomic E-state index is -0.220. The lowest BCUT2D eigenvalue weighted by Gasteiger charge is -2.26. The van der Waals surface area contributed by atoms with E-state index in [1.807, 2.05) is 35.6 Å². The summed E-state index contributed by atoms with van der Waals surface area (Å²) in [5.74, 6) is 2.03. The molecule has 0 saturated heterocycles. The molecule has 7 nitrogen and oxygen atoms in total. The van der Waals surface area contributed by atoms with Gasteiger partial charge in [0.2, 0.25) is 0 Å². The Labute approximate surface area is 138 Å². The summed E-state index contributed by atoms with van der Waals surface area (Å²) in [5, 5.41) is 10.9. The largest absolute Gasteiger partial charge is 0.486 e. The molecule has 2 aromatic heterocycles. The zero-order chi connectivity index (χ0) is 16.5. The molecular weight excluding hydrogens is 308 g/mol. The summed E-state index contributed by atoms with van der Waals surface area (Å²) >= 11 is 0. The topological polar surface area (TPSA) is 77.8 Å². The van der Waals surface area contributed by atoms with Crippen LogP contribution >= 0.6 is 0 Å². The van der Waals surface area contributed by atoms with Crippen LogP contribution < -0.4 is 14.8 Å². The second kappa shape index (κ2) is 5.84. The van der Waals surface area contributed by atoms with Crippen molar-refractivity contribution in [2.45, 2.75) is 13.0 Å². The quantitative estimate of drug-likeness (QED) is 0.792.